The van der Waals surface area contributed by atoms with E-state index in [-0.39, 0.29) is 31.1 Å². The number of hydrogen-bond acceptors (Lipinski definition) is 6. The normalized spacial score (nSPS) is 12.4. The van der Waals surface area contributed by atoms with Gasteiger partial charge in [-0.25, -0.2) is 0 Å². The fraction of sp³-hybridized carbons (Fsp3) is 0.797. The summed E-state index contributed by atoms with van der Waals surface area (Å²) in [5, 5.41) is 0. The Bertz CT molecular complexity index is 1260. The van der Waals surface area contributed by atoms with Gasteiger partial charge in [0.05, 0.1) is 0 Å². The molecule has 70 heavy (non-hydrogen) atoms. The van der Waals surface area contributed by atoms with Crippen LogP contribution in [-0.4, -0.2) is 37.2 Å². The van der Waals surface area contributed by atoms with Gasteiger partial charge in [0.15, 0.2) is 6.10 Å². The molecule has 0 fully saturated rings. The first-order valence-corrected chi connectivity index (χ1v) is 30.3. The highest BCUT2D eigenvalue weighted by Crippen LogP contribution is 2.16. The Hall–Kier alpha value is -2.89. The first-order chi connectivity index (χ1) is 34.5. The van der Waals surface area contributed by atoms with Crippen LogP contribution >= 0.6 is 0 Å². The zero-order valence-electron chi connectivity index (χ0n) is 46.5. The lowest BCUT2D eigenvalue weighted by Gasteiger charge is -2.18. The molecule has 0 N–H and O–H groups in total. The van der Waals surface area contributed by atoms with Crippen LogP contribution in [0.1, 0.15) is 310 Å². The molecule has 0 aliphatic heterocycles. The number of carbonyl (C=O) groups excluding carboxylic acids is 3. The molecule has 0 aromatic heterocycles. The maximum atomic E-state index is 12.9. The van der Waals surface area contributed by atoms with Gasteiger partial charge in [-0.05, 0) is 83.5 Å². The fourth-order valence-corrected chi connectivity index (χ4v) is 8.72. The molecule has 1 atom stereocenters. The van der Waals surface area contributed by atoms with Gasteiger partial charge < -0.3 is 14.2 Å². The average Bonchev–Trinajstić information content (AvgIpc) is 3.36. The SMILES string of the molecule is CC/C=C\C/C=C\C/C=C\C/C=C\CCCCCCC(=O)OC(COC(=O)CCCCCCCCC/C=C\CCCCCCCCC)COC(=O)CCCCCCCCCCCCCCCCCCC. The summed E-state index contributed by atoms with van der Waals surface area (Å²) < 4.78 is 16.9. The molecule has 0 saturated heterocycles. The van der Waals surface area contributed by atoms with Crippen LogP contribution in [0.4, 0.5) is 0 Å². The highest BCUT2D eigenvalue weighted by Gasteiger charge is 2.19. The van der Waals surface area contributed by atoms with Crippen LogP contribution in [0.2, 0.25) is 0 Å². The van der Waals surface area contributed by atoms with E-state index in [0.717, 1.165) is 96.3 Å². The number of allylic oxidation sites excluding steroid dienone is 10. The summed E-state index contributed by atoms with van der Waals surface area (Å²) in [6, 6.07) is 0. The maximum Gasteiger partial charge on any atom is 0.306 e. The van der Waals surface area contributed by atoms with Gasteiger partial charge in [0.2, 0.25) is 0 Å². The molecule has 0 rings (SSSR count). The van der Waals surface area contributed by atoms with Crippen molar-refractivity contribution in [2.45, 2.75) is 316 Å². The van der Waals surface area contributed by atoms with Gasteiger partial charge in [0.25, 0.3) is 0 Å². The summed E-state index contributed by atoms with van der Waals surface area (Å²) in [4.78, 5) is 38.2. The molecule has 0 aliphatic carbocycles. The number of esters is 3. The van der Waals surface area contributed by atoms with Crippen LogP contribution in [0.3, 0.4) is 0 Å². The zero-order chi connectivity index (χ0) is 50.7. The summed E-state index contributed by atoms with van der Waals surface area (Å²) in [5.74, 6) is -0.895. The van der Waals surface area contributed by atoms with Crippen molar-refractivity contribution in [3.63, 3.8) is 0 Å². The number of ether oxygens (including phenoxy) is 3. The van der Waals surface area contributed by atoms with E-state index in [0.29, 0.717) is 19.3 Å². The van der Waals surface area contributed by atoms with Gasteiger partial charge >= 0.3 is 17.9 Å². The quantitative estimate of drug-likeness (QED) is 0.0261. The lowest BCUT2D eigenvalue weighted by atomic mass is 10.0. The van der Waals surface area contributed by atoms with Crippen molar-refractivity contribution in [3.05, 3.63) is 60.8 Å². The Kier molecular flexibility index (Phi) is 56.3. The topological polar surface area (TPSA) is 78.9 Å². The lowest BCUT2D eigenvalue weighted by molar-refractivity contribution is -0.167. The van der Waals surface area contributed by atoms with Crippen LogP contribution in [0.25, 0.3) is 0 Å². The maximum absolute atomic E-state index is 12.9. The molecule has 0 aliphatic rings. The number of rotatable bonds is 55. The molecule has 0 heterocycles. The van der Waals surface area contributed by atoms with Gasteiger partial charge in [-0.1, -0.05) is 268 Å². The highest BCUT2D eigenvalue weighted by atomic mass is 16.6. The average molecular weight is 980 g/mol. The van der Waals surface area contributed by atoms with Crippen LogP contribution < -0.4 is 0 Å². The smallest absolute Gasteiger partial charge is 0.306 e. The van der Waals surface area contributed by atoms with Crippen molar-refractivity contribution in [3.8, 4) is 0 Å². The fourth-order valence-electron chi connectivity index (χ4n) is 8.72. The minimum absolute atomic E-state index is 0.0827. The molecule has 0 saturated carbocycles. The molecule has 1 unspecified atom stereocenters. The third-order valence-corrected chi connectivity index (χ3v) is 13.3. The van der Waals surface area contributed by atoms with Crippen molar-refractivity contribution < 1.29 is 28.6 Å². The molecule has 0 radical (unpaired) electrons. The summed E-state index contributed by atoms with van der Waals surface area (Å²) in [7, 11) is 0. The Morgan fingerprint density at radius 3 is 0.886 bits per heavy atom. The lowest BCUT2D eigenvalue weighted by Crippen LogP contribution is -2.30. The van der Waals surface area contributed by atoms with Crippen molar-refractivity contribution in [1.82, 2.24) is 0 Å². The van der Waals surface area contributed by atoms with E-state index in [9.17, 15) is 14.4 Å². The Labute approximate surface area is 434 Å². The van der Waals surface area contributed by atoms with Crippen molar-refractivity contribution >= 4 is 17.9 Å². The van der Waals surface area contributed by atoms with E-state index in [4.69, 9.17) is 14.2 Å². The summed E-state index contributed by atoms with van der Waals surface area (Å²) in [6.07, 6.45) is 73.6. The molecular formula is C64H114O6. The van der Waals surface area contributed by atoms with Gasteiger partial charge in [0.1, 0.15) is 13.2 Å². The molecule has 6 nitrogen and oxygen atoms in total. The van der Waals surface area contributed by atoms with E-state index in [1.165, 1.54) is 173 Å². The van der Waals surface area contributed by atoms with Gasteiger partial charge in [-0.2, -0.15) is 0 Å². The van der Waals surface area contributed by atoms with Crippen molar-refractivity contribution in [2.75, 3.05) is 13.2 Å². The number of hydrogen-bond donors (Lipinski definition) is 0. The molecule has 0 amide bonds. The number of carbonyl (C=O) groups is 3. The van der Waals surface area contributed by atoms with E-state index in [1.807, 2.05) is 0 Å². The largest absolute Gasteiger partial charge is 0.462 e. The zero-order valence-corrected chi connectivity index (χ0v) is 46.5. The summed E-state index contributed by atoms with van der Waals surface area (Å²) in [5.41, 5.74) is 0. The third-order valence-electron chi connectivity index (χ3n) is 13.3. The minimum Gasteiger partial charge on any atom is -0.462 e. The van der Waals surface area contributed by atoms with Gasteiger partial charge in [0, 0.05) is 19.3 Å². The molecule has 0 spiro atoms. The van der Waals surface area contributed by atoms with Crippen molar-refractivity contribution in [1.29, 1.82) is 0 Å². The Morgan fingerprint density at radius 2 is 0.557 bits per heavy atom. The second-order valence-electron chi connectivity index (χ2n) is 20.2. The second-order valence-corrected chi connectivity index (χ2v) is 20.2. The first kappa shape index (κ1) is 67.1. The van der Waals surface area contributed by atoms with E-state index < -0.39 is 6.10 Å². The van der Waals surface area contributed by atoms with E-state index in [1.54, 1.807) is 0 Å². The second kappa shape index (κ2) is 58.7. The number of unbranched alkanes of at least 4 members (excludes halogenated alkanes) is 34. The first-order valence-electron chi connectivity index (χ1n) is 30.3. The third kappa shape index (κ3) is 56.0. The highest BCUT2D eigenvalue weighted by molar-refractivity contribution is 5.71. The van der Waals surface area contributed by atoms with Crippen LogP contribution in [0.15, 0.2) is 60.8 Å². The summed E-state index contributed by atoms with van der Waals surface area (Å²) >= 11 is 0. The van der Waals surface area contributed by atoms with Gasteiger partial charge in [-0.15, -0.1) is 0 Å². The van der Waals surface area contributed by atoms with E-state index >= 15 is 0 Å². The van der Waals surface area contributed by atoms with Crippen molar-refractivity contribution in [2.24, 2.45) is 0 Å². The van der Waals surface area contributed by atoms with Crippen LogP contribution in [-0.2, 0) is 28.6 Å². The predicted molar refractivity (Wildman–Crippen MR) is 302 cm³/mol. The van der Waals surface area contributed by atoms with Crippen LogP contribution in [0, 0.1) is 0 Å². The Morgan fingerprint density at radius 1 is 0.300 bits per heavy atom. The minimum atomic E-state index is -0.788. The standard InChI is InChI=1S/C64H114O6/c1-4-7-10-13-16-19-22-25-28-31-34-36-39-42-45-48-51-54-57-63(66)69-60-61(70-64(67)58-55-52-49-46-43-40-37-33-30-27-24-21-18-15-12-9-6-3)59-68-62(65)56-53-50-47-44-41-38-35-32-29-26-23-20-17-14-11-8-5-2/h9,12,18,21,27-28,30-31,37,40,61H,4-8,10-11,13-17,19-20,22-26,29,32-36,38-39,41-60H2,1-3H3/b12-9-,21-18-,30-27-,31-28-,40-37-. The Balaban J connectivity index is 4.40. The molecular weight excluding hydrogens is 865 g/mol. The summed E-state index contributed by atoms with van der Waals surface area (Å²) in [6.45, 7) is 6.54. The molecule has 0 aromatic carbocycles. The molecule has 0 bridgehead atoms. The van der Waals surface area contributed by atoms with Crippen LogP contribution in [0.5, 0.6) is 0 Å². The molecule has 406 valence electrons. The van der Waals surface area contributed by atoms with Gasteiger partial charge in [-0.3, -0.25) is 14.4 Å². The predicted octanol–water partition coefficient (Wildman–Crippen LogP) is 20.4. The van der Waals surface area contributed by atoms with E-state index in [2.05, 4.69) is 81.5 Å². The monoisotopic (exact) mass is 979 g/mol. The molecule has 0 aromatic rings. The molecule has 6 heteroatoms.